The van der Waals surface area contributed by atoms with Crippen molar-refractivity contribution in [2.45, 2.75) is 6.04 Å². The summed E-state index contributed by atoms with van der Waals surface area (Å²) in [4.78, 5) is 12.0. The molecule has 4 heteroatoms. The first-order valence-corrected chi connectivity index (χ1v) is 2.95. The summed E-state index contributed by atoms with van der Waals surface area (Å²) in [5, 5.41) is 8.55. The molecule has 0 unspecified atom stereocenters. The van der Waals surface area contributed by atoms with Crippen molar-refractivity contribution in [3.63, 3.8) is 0 Å². The maximum Gasteiger partial charge on any atom is 0.329 e. The van der Waals surface area contributed by atoms with Crippen LogP contribution < -0.4 is 0 Å². The molecule has 0 saturated heterocycles. The van der Waals surface area contributed by atoms with Crippen LogP contribution in [0.1, 0.15) is 0 Å². The molecule has 0 fully saturated rings. The molecule has 1 N–H and O–H groups in total. The summed E-state index contributed by atoms with van der Waals surface area (Å²) >= 11 is 0. The van der Waals surface area contributed by atoms with Crippen LogP contribution in [0.2, 0.25) is 0 Å². The molecule has 0 aliphatic carbocycles. The van der Waals surface area contributed by atoms with Gasteiger partial charge in [0.05, 0.1) is 6.26 Å². The van der Waals surface area contributed by atoms with Crippen molar-refractivity contribution in [2.75, 3.05) is 13.7 Å². The number of rotatable bonds is 1. The summed E-state index contributed by atoms with van der Waals surface area (Å²) in [5.41, 5.74) is 0. The smallest absolute Gasteiger partial charge is 0.329 e. The van der Waals surface area contributed by atoms with Gasteiger partial charge < -0.3 is 14.7 Å². The van der Waals surface area contributed by atoms with Gasteiger partial charge in [0.25, 0.3) is 0 Å². The van der Waals surface area contributed by atoms with E-state index in [0.29, 0.717) is 0 Å². The molecule has 0 saturated carbocycles. The Morgan fingerprint density at radius 3 is 3.00 bits per heavy atom. The second-order valence-electron chi connectivity index (χ2n) is 2.14. The molecule has 1 aliphatic rings. The number of hydrogen-bond acceptors (Lipinski definition) is 3. The Hall–Kier alpha value is -1.19. The van der Waals surface area contributed by atoms with E-state index in [9.17, 15) is 4.79 Å². The van der Waals surface area contributed by atoms with Gasteiger partial charge in [-0.3, -0.25) is 0 Å². The van der Waals surface area contributed by atoms with Gasteiger partial charge in [-0.1, -0.05) is 0 Å². The molecule has 1 aliphatic heterocycles. The summed E-state index contributed by atoms with van der Waals surface area (Å²) in [5.74, 6) is -0.855. The number of carboxylic acid groups (broad SMARTS) is 1. The maximum absolute atomic E-state index is 10.4. The lowest BCUT2D eigenvalue weighted by atomic mass is 10.3. The number of hydrogen-bond donors (Lipinski definition) is 1. The molecular weight excluding hydrogens is 134 g/mol. The van der Waals surface area contributed by atoms with Crippen LogP contribution in [0, 0.1) is 0 Å². The molecule has 4 nitrogen and oxygen atoms in total. The zero-order valence-corrected chi connectivity index (χ0v) is 5.65. The van der Waals surface area contributed by atoms with Crippen LogP contribution in [0.5, 0.6) is 0 Å². The van der Waals surface area contributed by atoms with Crippen LogP contribution in [-0.2, 0) is 9.53 Å². The van der Waals surface area contributed by atoms with Gasteiger partial charge in [-0.15, -0.1) is 0 Å². The first-order chi connectivity index (χ1) is 4.72. The topological polar surface area (TPSA) is 49.8 Å². The SMILES string of the molecule is CN1C=COC[C@@H]1C(=O)O. The van der Waals surface area contributed by atoms with Gasteiger partial charge in [0.1, 0.15) is 6.61 Å². The number of carboxylic acids is 1. The normalized spacial score (nSPS) is 24.1. The first kappa shape index (κ1) is 6.92. The van der Waals surface area contributed by atoms with E-state index in [1.807, 2.05) is 0 Å². The molecule has 0 bridgehead atoms. The zero-order chi connectivity index (χ0) is 7.56. The molecule has 0 aromatic heterocycles. The lowest BCUT2D eigenvalue weighted by molar-refractivity contribution is -0.144. The lowest BCUT2D eigenvalue weighted by Crippen LogP contribution is -2.40. The van der Waals surface area contributed by atoms with E-state index in [4.69, 9.17) is 9.84 Å². The maximum atomic E-state index is 10.4. The molecule has 1 heterocycles. The van der Waals surface area contributed by atoms with Crippen LogP contribution in [0.4, 0.5) is 0 Å². The molecule has 0 spiro atoms. The van der Waals surface area contributed by atoms with Gasteiger partial charge in [0.15, 0.2) is 6.04 Å². The predicted molar refractivity (Wildman–Crippen MR) is 34.3 cm³/mol. The van der Waals surface area contributed by atoms with Crippen molar-refractivity contribution in [1.82, 2.24) is 4.90 Å². The summed E-state index contributed by atoms with van der Waals surface area (Å²) in [6.07, 6.45) is 3.09. The molecule has 0 aromatic rings. The highest BCUT2D eigenvalue weighted by Crippen LogP contribution is 2.04. The van der Waals surface area contributed by atoms with Gasteiger partial charge in [-0.2, -0.15) is 0 Å². The zero-order valence-electron chi connectivity index (χ0n) is 5.65. The molecule has 56 valence electrons. The number of likely N-dealkylation sites (N-methyl/N-ethyl adjacent to an activating group) is 1. The Morgan fingerprint density at radius 2 is 2.60 bits per heavy atom. The third kappa shape index (κ3) is 1.21. The highest BCUT2D eigenvalue weighted by atomic mass is 16.5. The average molecular weight is 143 g/mol. The van der Waals surface area contributed by atoms with E-state index in [2.05, 4.69) is 0 Å². The second kappa shape index (κ2) is 2.60. The molecule has 0 aromatic carbocycles. The van der Waals surface area contributed by atoms with Gasteiger partial charge in [-0.25, -0.2) is 4.79 Å². The summed E-state index contributed by atoms with van der Waals surface area (Å²) in [6, 6.07) is -0.537. The molecule has 1 rings (SSSR count). The van der Waals surface area contributed by atoms with E-state index >= 15 is 0 Å². The fraction of sp³-hybridized carbons (Fsp3) is 0.500. The van der Waals surface area contributed by atoms with E-state index in [1.165, 1.54) is 6.26 Å². The van der Waals surface area contributed by atoms with Gasteiger partial charge >= 0.3 is 5.97 Å². The highest BCUT2D eigenvalue weighted by Gasteiger charge is 2.22. The number of ether oxygens (including phenoxy) is 1. The lowest BCUT2D eigenvalue weighted by Gasteiger charge is -2.25. The fourth-order valence-electron chi connectivity index (χ4n) is 0.753. The van der Waals surface area contributed by atoms with Crippen molar-refractivity contribution in [3.8, 4) is 0 Å². The minimum atomic E-state index is -0.855. The molecule has 0 amide bonds. The minimum Gasteiger partial charge on any atom is -0.497 e. The number of nitrogens with zero attached hydrogens (tertiary/aromatic N) is 1. The quantitative estimate of drug-likeness (QED) is 0.555. The van der Waals surface area contributed by atoms with Crippen LogP contribution in [0.25, 0.3) is 0 Å². The van der Waals surface area contributed by atoms with E-state index in [1.54, 1.807) is 18.1 Å². The van der Waals surface area contributed by atoms with Gasteiger partial charge in [-0.05, 0) is 0 Å². The number of carbonyl (C=O) groups is 1. The summed E-state index contributed by atoms with van der Waals surface area (Å²) < 4.78 is 4.81. The molecular formula is C6H9NO3. The van der Waals surface area contributed by atoms with Crippen molar-refractivity contribution in [3.05, 3.63) is 12.5 Å². The van der Waals surface area contributed by atoms with Crippen LogP contribution in [0.15, 0.2) is 12.5 Å². The average Bonchev–Trinajstić information content (AvgIpc) is 1.88. The molecule has 1 atom stereocenters. The fourth-order valence-corrected chi connectivity index (χ4v) is 0.753. The summed E-state index contributed by atoms with van der Waals surface area (Å²) in [6.45, 7) is 0.225. The standard InChI is InChI=1S/C6H9NO3/c1-7-2-3-10-4-5(7)6(8)9/h2-3,5H,4H2,1H3,(H,8,9)/t5-/m1/s1. The highest BCUT2D eigenvalue weighted by molar-refractivity contribution is 5.73. The third-order valence-corrected chi connectivity index (χ3v) is 1.42. The van der Waals surface area contributed by atoms with Crippen LogP contribution in [0.3, 0.4) is 0 Å². The van der Waals surface area contributed by atoms with Crippen molar-refractivity contribution in [2.24, 2.45) is 0 Å². The van der Waals surface area contributed by atoms with Crippen molar-refractivity contribution < 1.29 is 14.6 Å². The first-order valence-electron chi connectivity index (χ1n) is 2.95. The Labute approximate surface area is 58.7 Å². The number of aliphatic carboxylic acids is 1. The van der Waals surface area contributed by atoms with Gasteiger partial charge in [0.2, 0.25) is 0 Å². The molecule has 0 radical (unpaired) electrons. The Bertz CT molecular complexity index is 166. The monoisotopic (exact) mass is 143 g/mol. The Kier molecular flexibility index (Phi) is 1.80. The van der Waals surface area contributed by atoms with E-state index in [-0.39, 0.29) is 6.61 Å². The second-order valence-corrected chi connectivity index (χ2v) is 2.14. The third-order valence-electron chi connectivity index (χ3n) is 1.42. The Balaban J connectivity index is 2.60. The Morgan fingerprint density at radius 1 is 1.90 bits per heavy atom. The van der Waals surface area contributed by atoms with E-state index < -0.39 is 12.0 Å². The minimum absolute atomic E-state index is 0.225. The largest absolute Gasteiger partial charge is 0.497 e. The van der Waals surface area contributed by atoms with Gasteiger partial charge in [0, 0.05) is 13.2 Å². The summed E-state index contributed by atoms with van der Waals surface area (Å²) in [7, 11) is 1.71. The van der Waals surface area contributed by atoms with Crippen LogP contribution >= 0.6 is 0 Å². The molecule has 10 heavy (non-hydrogen) atoms. The van der Waals surface area contributed by atoms with Crippen molar-refractivity contribution in [1.29, 1.82) is 0 Å². The predicted octanol–water partition coefficient (Wildman–Crippen LogP) is -0.127. The van der Waals surface area contributed by atoms with Crippen LogP contribution in [-0.4, -0.2) is 35.7 Å². The van der Waals surface area contributed by atoms with Crippen molar-refractivity contribution >= 4 is 5.97 Å². The van der Waals surface area contributed by atoms with E-state index in [0.717, 1.165) is 0 Å².